The molecule has 0 bridgehead atoms. The monoisotopic (exact) mass is 317 g/mol. The third-order valence-corrected chi connectivity index (χ3v) is 2.88. The van der Waals surface area contributed by atoms with Gasteiger partial charge < -0.3 is 5.73 Å². The van der Waals surface area contributed by atoms with Crippen molar-refractivity contribution < 1.29 is 13.2 Å². The van der Waals surface area contributed by atoms with Gasteiger partial charge in [0.2, 0.25) is 0 Å². The van der Waals surface area contributed by atoms with Gasteiger partial charge in [-0.25, -0.2) is 0 Å². The van der Waals surface area contributed by atoms with Crippen LogP contribution in [0.15, 0.2) is 22.7 Å². The average molecular weight is 319 g/mol. The Kier molecular flexibility index (Phi) is 5.79. The zero-order chi connectivity index (χ0) is 11.6. The summed E-state index contributed by atoms with van der Waals surface area (Å²) in [5, 5.41) is 0. The molecule has 0 aliphatic carbocycles. The number of hydrogen-bond acceptors (Lipinski definition) is 1. The molecule has 1 aromatic carbocycles. The van der Waals surface area contributed by atoms with Gasteiger partial charge >= 0.3 is 6.18 Å². The van der Waals surface area contributed by atoms with Crippen molar-refractivity contribution in [1.82, 2.24) is 0 Å². The Hall–Kier alpha value is -0.260. The van der Waals surface area contributed by atoms with Gasteiger partial charge in [0.1, 0.15) is 0 Å². The number of nitrogens with two attached hydrogens (primary N) is 1. The first-order valence-electron chi connectivity index (χ1n) is 4.48. The van der Waals surface area contributed by atoms with Crippen LogP contribution < -0.4 is 5.73 Å². The highest BCUT2D eigenvalue weighted by atomic mass is 79.9. The lowest BCUT2D eigenvalue weighted by Crippen LogP contribution is -2.12. The molecule has 0 fully saturated rings. The van der Waals surface area contributed by atoms with Crippen LogP contribution in [0.3, 0.4) is 0 Å². The quantitative estimate of drug-likeness (QED) is 0.864. The summed E-state index contributed by atoms with van der Waals surface area (Å²) >= 11 is 3.19. The van der Waals surface area contributed by atoms with Crippen molar-refractivity contribution in [3.8, 4) is 0 Å². The predicted molar refractivity (Wildman–Crippen MR) is 63.6 cm³/mol. The molecule has 0 amide bonds. The molecule has 0 unspecified atom stereocenters. The minimum atomic E-state index is -4.32. The van der Waals surface area contributed by atoms with Crippen molar-refractivity contribution >= 4 is 28.3 Å². The second-order valence-electron chi connectivity index (χ2n) is 3.25. The zero-order valence-corrected chi connectivity index (χ0v) is 10.9. The highest BCUT2D eigenvalue weighted by Crippen LogP contribution is 2.33. The van der Waals surface area contributed by atoms with Gasteiger partial charge in [0.05, 0.1) is 5.56 Å². The average Bonchev–Trinajstić information content (AvgIpc) is 2.15. The summed E-state index contributed by atoms with van der Waals surface area (Å²) in [6.45, 7) is 1.83. The summed E-state index contributed by atoms with van der Waals surface area (Å²) in [7, 11) is 0. The van der Waals surface area contributed by atoms with Crippen molar-refractivity contribution in [1.29, 1.82) is 0 Å². The zero-order valence-electron chi connectivity index (χ0n) is 8.51. The molecular formula is C10H12BrClF3N. The molecule has 0 heterocycles. The second-order valence-corrected chi connectivity index (χ2v) is 4.10. The van der Waals surface area contributed by atoms with Crippen molar-refractivity contribution in [2.45, 2.75) is 25.6 Å². The van der Waals surface area contributed by atoms with Gasteiger partial charge in [-0.1, -0.05) is 22.9 Å². The van der Waals surface area contributed by atoms with Gasteiger partial charge in [0.25, 0.3) is 0 Å². The van der Waals surface area contributed by atoms with E-state index in [1.807, 2.05) is 6.92 Å². The Balaban J connectivity index is 0.00000225. The summed E-state index contributed by atoms with van der Waals surface area (Å²) < 4.78 is 37.8. The first-order valence-corrected chi connectivity index (χ1v) is 5.27. The fraction of sp³-hybridized carbons (Fsp3) is 0.400. The molecule has 0 saturated carbocycles. The summed E-state index contributed by atoms with van der Waals surface area (Å²) in [6, 6.07) is 3.14. The Morgan fingerprint density at radius 2 is 1.94 bits per heavy atom. The summed E-state index contributed by atoms with van der Waals surface area (Å²) in [5.74, 6) is 0. The van der Waals surface area contributed by atoms with Crippen LogP contribution in [-0.2, 0) is 6.18 Å². The predicted octanol–water partition coefficient (Wildman–Crippen LogP) is 4.30. The molecule has 6 heteroatoms. The lowest BCUT2D eigenvalue weighted by molar-refractivity contribution is -0.137. The normalized spacial score (nSPS) is 13.1. The summed E-state index contributed by atoms with van der Waals surface area (Å²) in [5.41, 5.74) is 5.54. The van der Waals surface area contributed by atoms with Crippen LogP contribution in [0, 0.1) is 0 Å². The highest BCUT2D eigenvalue weighted by molar-refractivity contribution is 9.10. The van der Waals surface area contributed by atoms with E-state index < -0.39 is 11.7 Å². The molecule has 0 aliphatic heterocycles. The van der Waals surface area contributed by atoms with E-state index in [0.29, 0.717) is 16.5 Å². The lowest BCUT2D eigenvalue weighted by Gasteiger charge is -2.14. The number of rotatable bonds is 2. The largest absolute Gasteiger partial charge is 0.416 e. The number of benzene rings is 1. The maximum Gasteiger partial charge on any atom is 0.416 e. The lowest BCUT2D eigenvalue weighted by atomic mass is 10.0. The Bertz CT molecular complexity index is 354. The molecule has 0 spiro atoms. The maximum atomic E-state index is 12.4. The molecule has 2 N–H and O–H groups in total. The number of halogens is 5. The van der Waals surface area contributed by atoms with Crippen molar-refractivity contribution in [2.75, 3.05) is 0 Å². The SMILES string of the molecule is CC[C@@H](N)c1cc(C(F)(F)F)ccc1Br.Cl. The first kappa shape index (κ1) is 15.7. The van der Waals surface area contributed by atoms with Gasteiger partial charge in [-0.05, 0) is 30.2 Å². The van der Waals surface area contributed by atoms with E-state index in [1.165, 1.54) is 6.07 Å². The molecule has 1 atom stereocenters. The third kappa shape index (κ3) is 3.64. The topological polar surface area (TPSA) is 26.0 Å². The van der Waals surface area contributed by atoms with E-state index in [-0.39, 0.29) is 18.4 Å². The van der Waals surface area contributed by atoms with Crippen LogP contribution in [0.25, 0.3) is 0 Å². The minimum absolute atomic E-state index is 0. The van der Waals surface area contributed by atoms with Gasteiger partial charge in [-0.15, -0.1) is 12.4 Å². The van der Waals surface area contributed by atoms with E-state index in [0.717, 1.165) is 12.1 Å². The smallest absolute Gasteiger partial charge is 0.324 e. The van der Waals surface area contributed by atoms with E-state index in [9.17, 15) is 13.2 Å². The van der Waals surface area contributed by atoms with Crippen molar-refractivity contribution in [3.63, 3.8) is 0 Å². The molecule has 0 radical (unpaired) electrons. The molecule has 1 nitrogen and oxygen atoms in total. The standard InChI is InChI=1S/C10H11BrF3N.ClH/c1-2-9(15)7-5-6(10(12,13)14)3-4-8(7)11;/h3-5,9H,2,15H2,1H3;1H/t9-;/m1./s1. The van der Waals surface area contributed by atoms with Crippen LogP contribution in [-0.4, -0.2) is 0 Å². The van der Waals surface area contributed by atoms with Crippen LogP contribution in [0.2, 0.25) is 0 Å². The van der Waals surface area contributed by atoms with E-state index in [1.54, 1.807) is 0 Å². The van der Waals surface area contributed by atoms with Crippen LogP contribution in [0.1, 0.15) is 30.5 Å². The Labute approximate surface area is 107 Å². The van der Waals surface area contributed by atoms with Gasteiger partial charge in [0.15, 0.2) is 0 Å². The maximum absolute atomic E-state index is 12.4. The Morgan fingerprint density at radius 3 is 2.38 bits per heavy atom. The minimum Gasteiger partial charge on any atom is -0.324 e. The van der Waals surface area contributed by atoms with Crippen LogP contribution >= 0.6 is 28.3 Å². The highest BCUT2D eigenvalue weighted by Gasteiger charge is 2.31. The molecular weight excluding hydrogens is 306 g/mol. The molecule has 92 valence electrons. The van der Waals surface area contributed by atoms with Crippen molar-refractivity contribution in [3.05, 3.63) is 33.8 Å². The molecule has 0 saturated heterocycles. The number of alkyl halides is 3. The van der Waals surface area contributed by atoms with Crippen molar-refractivity contribution in [2.24, 2.45) is 5.73 Å². The molecule has 0 aromatic heterocycles. The van der Waals surface area contributed by atoms with Crippen LogP contribution in [0.4, 0.5) is 13.2 Å². The van der Waals surface area contributed by atoms with Crippen LogP contribution in [0.5, 0.6) is 0 Å². The first-order chi connectivity index (χ1) is 6.86. The fourth-order valence-electron chi connectivity index (χ4n) is 1.22. The summed E-state index contributed by atoms with van der Waals surface area (Å²) in [4.78, 5) is 0. The third-order valence-electron chi connectivity index (χ3n) is 2.16. The Morgan fingerprint density at radius 1 is 1.38 bits per heavy atom. The molecule has 1 aromatic rings. The molecule has 16 heavy (non-hydrogen) atoms. The van der Waals surface area contributed by atoms with E-state index in [2.05, 4.69) is 15.9 Å². The second kappa shape index (κ2) is 5.89. The summed E-state index contributed by atoms with van der Waals surface area (Å²) in [6.07, 6.45) is -3.72. The fourth-order valence-corrected chi connectivity index (χ4v) is 1.76. The molecule has 0 aliphatic rings. The van der Waals surface area contributed by atoms with E-state index in [4.69, 9.17) is 5.73 Å². The van der Waals surface area contributed by atoms with Gasteiger partial charge in [-0.2, -0.15) is 13.2 Å². The van der Waals surface area contributed by atoms with E-state index >= 15 is 0 Å². The molecule has 1 rings (SSSR count). The number of hydrogen-bond donors (Lipinski definition) is 1. The van der Waals surface area contributed by atoms with Gasteiger partial charge in [-0.3, -0.25) is 0 Å². The van der Waals surface area contributed by atoms with Gasteiger partial charge in [0, 0.05) is 10.5 Å².